The number of nitrogens with zero attached hydrogens (tertiary/aromatic N) is 3. The Morgan fingerprint density at radius 2 is 2.07 bits per heavy atom. The van der Waals surface area contributed by atoms with Gasteiger partial charge in [-0.1, -0.05) is 12.1 Å². The molecular weight excluding hydrogens is 413 g/mol. The van der Waals surface area contributed by atoms with E-state index >= 15 is 0 Å². The first-order chi connectivity index (χ1) is 14.4. The van der Waals surface area contributed by atoms with Crippen molar-refractivity contribution in [1.82, 2.24) is 9.80 Å². The maximum Gasteiger partial charge on any atom is 0.425 e. The summed E-state index contributed by atoms with van der Waals surface area (Å²) in [4.78, 5) is 8.66. The van der Waals surface area contributed by atoms with Gasteiger partial charge in [0.2, 0.25) is 0 Å². The Balaban J connectivity index is 1.70. The summed E-state index contributed by atoms with van der Waals surface area (Å²) in [5, 5.41) is 3.66. The molecule has 30 heavy (non-hydrogen) atoms. The summed E-state index contributed by atoms with van der Waals surface area (Å²) in [7, 11) is 3.79. The van der Waals surface area contributed by atoms with E-state index in [1.165, 1.54) is 6.07 Å². The number of alkyl halides is 3. The molecule has 0 aliphatic carbocycles. The van der Waals surface area contributed by atoms with Gasteiger partial charge in [-0.05, 0) is 38.1 Å². The number of thiophene rings is 1. The van der Waals surface area contributed by atoms with E-state index in [0.717, 1.165) is 55.2 Å². The van der Waals surface area contributed by atoms with Crippen LogP contribution in [0.4, 0.5) is 29.5 Å². The second-order valence-electron chi connectivity index (χ2n) is 7.64. The number of methoxy groups -OCH3 is 1. The predicted octanol–water partition coefficient (Wildman–Crippen LogP) is 4.94. The van der Waals surface area contributed by atoms with Crippen LogP contribution in [0.25, 0.3) is 0 Å². The van der Waals surface area contributed by atoms with Crippen LogP contribution in [-0.4, -0.2) is 62.1 Å². The first-order valence-corrected chi connectivity index (χ1v) is 10.8. The number of benzene rings is 1. The van der Waals surface area contributed by atoms with E-state index in [9.17, 15) is 13.2 Å². The molecule has 1 aromatic carbocycles. The topological polar surface area (TPSA) is 40.1 Å². The summed E-state index contributed by atoms with van der Waals surface area (Å²) in [5.41, 5.74) is 1.97. The lowest BCUT2D eigenvalue weighted by Crippen LogP contribution is -2.53. The van der Waals surface area contributed by atoms with Gasteiger partial charge in [0.25, 0.3) is 0 Å². The lowest BCUT2D eigenvalue weighted by Gasteiger charge is -2.41. The molecule has 1 saturated heterocycles. The standard InChI is InChI=1S/C21H25F3N4OS/c1-27-9-10-28(13-14(27)6-5-11-29-2)19-15-12-18(21(22,23)24)30-20(15)26-17-8-4-3-7-16(17)25-19/h3-4,7-8,12,14,26H,5-6,9-11,13H2,1-2H3/t14-/m0/s1. The number of likely N-dealkylation sites (N-methyl/N-ethyl adjacent to an activating group) is 1. The van der Waals surface area contributed by atoms with E-state index in [1.54, 1.807) is 7.11 Å². The fourth-order valence-corrected chi connectivity index (χ4v) is 4.85. The molecule has 2 aliphatic heterocycles. The second kappa shape index (κ2) is 8.56. The number of hydrogen-bond donors (Lipinski definition) is 1. The van der Waals surface area contributed by atoms with Gasteiger partial charge in [0.15, 0.2) is 0 Å². The van der Waals surface area contributed by atoms with Gasteiger partial charge in [-0.25, -0.2) is 4.99 Å². The molecule has 0 amide bonds. The predicted molar refractivity (Wildman–Crippen MR) is 114 cm³/mol. The van der Waals surface area contributed by atoms with Crippen molar-refractivity contribution in [2.75, 3.05) is 45.7 Å². The molecule has 5 nitrogen and oxygen atoms in total. The molecule has 4 rings (SSSR count). The molecule has 0 saturated carbocycles. The molecule has 0 radical (unpaired) electrons. The van der Waals surface area contributed by atoms with E-state index in [1.807, 2.05) is 24.3 Å². The van der Waals surface area contributed by atoms with Gasteiger partial charge >= 0.3 is 6.18 Å². The number of halogens is 3. The Labute approximate surface area is 178 Å². The number of fused-ring (bicyclic) bond motifs is 2. The molecule has 1 aromatic heterocycles. The zero-order valence-electron chi connectivity index (χ0n) is 17.0. The molecule has 0 spiro atoms. The number of aliphatic imine (C=N–C) groups is 1. The van der Waals surface area contributed by atoms with Gasteiger partial charge in [-0.2, -0.15) is 13.2 Å². The molecule has 3 heterocycles. The van der Waals surface area contributed by atoms with Crippen LogP contribution in [0.3, 0.4) is 0 Å². The van der Waals surface area contributed by atoms with E-state index in [4.69, 9.17) is 9.73 Å². The maximum absolute atomic E-state index is 13.4. The van der Waals surface area contributed by atoms with Crippen LogP contribution in [0.2, 0.25) is 0 Å². The van der Waals surface area contributed by atoms with Crippen molar-refractivity contribution in [3.63, 3.8) is 0 Å². The van der Waals surface area contributed by atoms with Crippen molar-refractivity contribution >= 4 is 33.5 Å². The monoisotopic (exact) mass is 438 g/mol. The van der Waals surface area contributed by atoms with Crippen molar-refractivity contribution in [1.29, 1.82) is 0 Å². The van der Waals surface area contributed by atoms with Gasteiger partial charge in [-0.15, -0.1) is 11.3 Å². The highest BCUT2D eigenvalue weighted by Gasteiger charge is 2.37. The van der Waals surface area contributed by atoms with E-state index in [0.29, 0.717) is 29.0 Å². The summed E-state index contributed by atoms with van der Waals surface area (Å²) < 4.78 is 45.5. The van der Waals surface area contributed by atoms with Crippen molar-refractivity contribution in [3.8, 4) is 0 Å². The maximum atomic E-state index is 13.4. The first-order valence-electron chi connectivity index (χ1n) is 9.97. The summed E-state index contributed by atoms with van der Waals surface area (Å²) >= 11 is 0.735. The summed E-state index contributed by atoms with van der Waals surface area (Å²) in [6.07, 6.45) is -2.47. The quantitative estimate of drug-likeness (QED) is 0.686. The van der Waals surface area contributed by atoms with Crippen molar-refractivity contribution in [3.05, 3.63) is 40.8 Å². The number of piperazine rings is 1. The summed E-state index contributed by atoms with van der Waals surface area (Å²) in [5.74, 6) is 0.610. The third kappa shape index (κ3) is 4.33. The average molecular weight is 439 g/mol. The van der Waals surface area contributed by atoms with E-state index in [2.05, 4.69) is 22.2 Å². The zero-order valence-corrected chi connectivity index (χ0v) is 17.8. The Kier molecular flexibility index (Phi) is 6.04. The van der Waals surface area contributed by atoms with Crippen LogP contribution in [0.15, 0.2) is 35.3 Å². The lowest BCUT2D eigenvalue weighted by molar-refractivity contribution is -0.134. The van der Waals surface area contributed by atoms with Crippen LogP contribution in [0.1, 0.15) is 23.3 Å². The molecule has 2 aliphatic rings. The highest BCUT2D eigenvalue weighted by Crippen LogP contribution is 2.44. The zero-order chi connectivity index (χ0) is 21.3. The number of para-hydroxylation sites is 2. The third-order valence-electron chi connectivity index (χ3n) is 5.59. The van der Waals surface area contributed by atoms with Gasteiger partial charge < -0.3 is 15.0 Å². The first kappa shape index (κ1) is 21.1. The average Bonchev–Trinajstić information content (AvgIpc) is 3.06. The lowest BCUT2D eigenvalue weighted by atomic mass is 10.1. The molecule has 0 unspecified atom stereocenters. The van der Waals surface area contributed by atoms with Gasteiger partial charge in [-0.3, -0.25) is 4.90 Å². The van der Waals surface area contributed by atoms with Gasteiger partial charge in [0.1, 0.15) is 15.7 Å². The van der Waals surface area contributed by atoms with Crippen molar-refractivity contribution < 1.29 is 17.9 Å². The number of rotatable bonds is 4. The van der Waals surface area contributed by atoms with Crippen LogP contribution in [0, 0.1) is 0 Å². The molecule has 9 heteroatoms. The minimum absolute atomic E-state index is 0.298. The smallest absolute Gasteiger partial charge is 0.385 e. The number of amidine groups is 1. The highest BCUT2D eigenvalue weighted by molar-refractivity contribution is 7.16. The summed E-state index contributed by atoms with van der Waals surface area (Å²) in [6.45, 7) is 2.97. The Morgan fingerprint density at radius 1 is 1.27 bits per heavy atom. The Bertz CT molecular complexity index is 927. The number of nitrogens with one attached hydrogen (secondary N) is 1. The summed E-state index contributed by atoms with van der Waals surface area (Å²) in [6, 6.07) is 9.00. The molecule has 1 N–H and O–H groups in total. The highest BCUT2D eigenvalue weighted by atomic mass is 32.1. The van der Waals surface area contributed by atoms with Crippen LogP contribution in [-0.2, 0) is 10.9 Å². The number of ether oxygens (including phenoxy) is 1. The van der Waals surface area contributed by atoms with Crippen LogP contribution in [0.5, 0.6) is 0 Å². The Hall–Kier alpha value is -2.10. The second-order valence-corrected chi connectivity index (χ2v) is 8.70. The minimum Gasteiger partial charge on any atom is -0.385 e. The fourth-order valence-electron chi connectivity index (χ4n) is 3.92. The third-order valence-corrected chi connectivity index (χ3v) is 6.69. The molecule has 162 valence electrons. The normalized spacial score (nSPS) is 19.6. The van der Waals surface area contributed by atoms with Crippen molar-refractivity contribution in [2.24, 2.45) is 4.99 Å². The Morgan fingerprint density at radius 3 is 2.83 bits per heavy atom. The molecule has 1 atom stereocenters. The minimum atomic E-state index is -4.38. The SMILES string of the molecule is COCCC[C@H]1CN(C2=Nc3ccccc3Nc3sc(C(F)(F)F)cc32)CCN1C. The van der Waals surface area contributed by atoms with E-state index in [-0.39, 0.29) is 0 Å². The van der Waals surface area contributed by atoms with Crippen LogP contribution >= 0.6 is 11.3 Å². The molecule has 1 fully saturated rings. The largest absolute Gasteiger partial charge is 0.425 e. The number of anilines is 2. The number of hydrogen-bond acceptors (Lipinski definition) is 6. The van der Waals surface area contributed by atoms with Gasteiger partial charge in [0.05, 0.1) is 16.9 Å². The molecule has 0 bridgehead atoms. The fraction of sp³-hybridized carbons (Fsp3) is 0.476. The molecular formula is C21H25F3N4OS. The van der Waals surface area contributed by atoms with E-state index < -0.39 is 11.1 Å². The van der Waals surface area contributed by atoms with Crippen LogP contribution < -0.4 is 5.32 Å². The van der Waals surface area contributed by atoms with Gasteiger partial charge in [0, 0.05) is 39.4 Å². The van der Waals surface area contributed by atoms with Crippen molar-refractivity contribution in [2.45, 2.75) is 25.1 Å². The molecule has 2 aromatic rings.